The van der Waals surface area contributed by atoms with Crippen LogP contribution < -0.4 is 0 Å². The van der Waals surface area contributed by atoms with Gasteiger partial charge in [-0.25, -0.2) is 4.39 Å². The smallest absolute Gasteiger partial charge is 0.160 e. The Balaban J connectivity index is 3.07. The molecule has 3 heteroatoms. The maximum absolute atomic E-state index is 12.9. The molecule has 0 aromatic heterocycles. The van der Waals surface area contributed by atoms with Gasteiger partial charge >= 0.3 is 0 Å². The molecular formula is C12H11FO2. The molecule has 0 aliphatic carbocycles. The summed E-state index contributed by atoms with van der Waals surface area (Å²) in [6, 6.07) is 3.96. The fraction of sp³-hybridized carbons (Fsp3) is 0.167. The Morgan fingerprint density at radius 1 is 1.47 bits per heavy atom. The lowest BCUT2D eigenvalue weighted by molar-refractivity contribution is -0.107. The number of allylic oxidation sites excluding steroid dienone is 1. The zero-order valence-electron chi connectivity index (χ0n) is 8.37. The van der Waals surface area contributed by atoms with Gasteiger partial charge in [0.15, 0.2) is 5.78 Å². The number of aldehydes is 1. The van der Waals surface area contributed by atoms with Gasteiger partial charge in [0.05, 0.1) is 0 Å². The minimum absolute atomic E-state index is 0.124. The average molecular weight is 206 g/mol. The van der Waals surface area contributed by atoms with Crippen LogP contribution in [0.5, 0.6) is 0 Å². The van der Waals surface area contributed by atoms with Crippen LogP contribution in [-0.2, 0) is 4.79 Å². The van der Waals surface area contributed by atoms with Crippen LogP contribution in [0.2, 0.25) is 0 Å². The Labute approximate surface area is 87.4 Å². The summed E-state index contributed by atoms with van der Waals surface area (Å²) in [5.74, 6) is -0.522. The van der Waals surface area contributed by atoms with Gasteiger partial charge in [-0.3, -0.25) is 4.79 Å². The average Bonchev–Trinajstić information content (AvgIpc) is 2.18. The van der Waals surface area contributed by atoms with Crippen molar-refractivity contribution >= 4 is 18.1 Å². The number of Topliss-reactive ketones (excluding diaryl/α,β-unsaturated/α-hetero) is 1. The Morgan fingerprint density at radius 2 is 2.20 bits per heavy atom. The van der Waals surface area contributed by atoms with Crippen molar-refractivity contribution in [3.05, 3.63) is 41.2 Å². The van der Waals surface area contributed by atoms with Crippen molar-refractivity contribution in [3.8, 4) is 0 Å². The lowest BCUT2D eigenvalue weighted by Crippen LogP contribution is -1.96. The minimum Gasteiger partial charge on any atom is -0.303 e. The van der Waals surface area contributed by atoms with Crippen molar-refractivity contribution in [2.75, 3.05) is 0 Å². The summed E-state index contributed by atoms with van der Waals surface area (Å²) in [5, 5.41) is 0. The van der Waals surface area contributed by atoms with E-state index in [9.17, 15) is 14.0 Å². The number of rotatable bonds is 4. The van der Waals surface area contributed by atoms with E-state index in [4.69, 9.17) is 0 Å². The number of halogens is 1. The highest BCUT2D eigenvalue weighted by Gasteiger charge is 2.05. The van der Waals surface area contributed by atoms with Gasteiger partial charge in [-0.2, -0.15) is 0 Å². The molecule has 2 nitrogen and oxygen atoms in total. The van der Waals surface area contributed by atoms with Gasteiger partial charge in [-0.15, -0.1) is 0 Å². The van der Waals surface area contributed by atoms with Gasteiger partial charge in [0.25, 0.3) is 0 Å². The summed E-state index contributed by atoms with van der Waals surface area (Å²) >= 11 is 0. The molecule has 78 valence electrons. The third-order valence-corrected chi connectivity index (χ3v) is 1.92. The number of hydrogen-bond acceptors (Lipinski definition) is 2. The van der Waals surface area contributed by atoms with E-state index >= 15 is 0 Å². The summed E-state index contributed by atoms with van der Waals surface area (Å²) in [6.07, 6.45) is 4.17. The van der Waals surface area contributed by atoms with E-state index in [0.29, 0.717) is 11.1 Å². The normalized spacial score (nSPS) is 10.5. The summed E-state index contributed by atoms with van der Waals surface area (Å²) in [7, 11) is 0. The molecule has 0 N–H and O–H groups in total. The standard InChI is InChI=1S/C12H11FO2/c1-9(15)12-6-5-11(13)8-10(12)4-2-3-7-14/h2,4-8H,3H2,1H3. The van der Waals surface area contributed by atoms with E-state index in [1.807, 2.05) is 0 Å². The summed E-state index contributed by atoms with van der Waals surface area (Å²) in [4.78, 5) is 21.3. The van der Waals surface area contributed by atoms with Crippen LogP contribution in [0.25, 0.3) is 6.08 Å². The predicted octanol–water partition coefficient (Wildman–Crippen LogP) is 2.63. The zero-order chi connectivity index (χ0) is 11.3. The molecule has 0 atom stereocenters. The van der Waals surface area contributed by atoms with Crippen LogP contribution in [0.4, 0.5) is 4.39 Å². The van der Waals surface area contributed by atoms with Gasteiger partial charge in [-0.05, 0) is 30.7 Å². The predicted molar refractivity (Wildman–Crippen MR) is 56.1 cm³/mol. The summed E-state index contributed by atoms with van der Waals surface area (Å²) in [5.41, 5.74) is 0.961. The van der Waals surface area contributed by atoms with Crippen molar-refractivity contribution < 1.29 is 14.0 Å². The number of benzene rings is 1. The molecule has 0 radical (unpaired) electrons. The Kier molecular flexibility index (Phi) is 3.92. The third-order valence-electron chi connectivity index (χ3n) is 1.92. The largest absolute Gasteiger partial charge is 0.303 e. The van der Waals surface area contributed by atoms with Crippen molar-refractivity contribution in [1.29, 1.82) is 0 Å². The highest BCUT2D eigenvalue weighted by atomic mass is 19.1. The summed E-state index contributed by atoms with van der Waals surface area (Å²) < 4.78 is 12.9. The van der Waals surface area contributed by atoms with Gasteiger partial charge in [0.2, 0.25) is 0 Å². The van der Waals surface area contributed by atoms with Gasteiger partial charge in [-0.1, -0.05) is 12.2 Å². The van der Waals surface area contributed by atoms with E-state index in [0.717, 1.165) is 6.29 Å². The maximum atomic E-state index is 12.9. The molecule has 15 heavy (non-hydrogen) atoms. The molecule has 1 aromatic rings. The molecule has 0 saturated carbocycles. The Hall–Kier alpha value is -1.77. The van der Waals surface area contributed by atoms with Crippen molar-refractivity contribution in [2.45, 2.75) is 13.3 Å². The molecule has 1 rings (SSSR count). The molecule has 0 unspecified atom stereocenters. The SMILES string of the molecule is CC(=O)c1ccc(F)cc1C=CCC=O. The number of carbonyl (C=O) groups excluding carboxylic acids is 2. The first-order chi connectivity index (χ1) is 7.15. The first-order valence-electron chi connectivity index (χ1n) is 4.56. The van der Waals surface area contributed by atoms with Gasteiger partial charge in [0.1, 0.15) is 12.1 Å². The zero-order valence-corrected chi connectivity index (χ0v) is 8.37. The highest BCUT2D eigenvalue weighted by Crippen LogP contribution is 2.14. The van der Waals surface area contributed by atoms with Crippen LogP contribution >= 0.6 is 0 Å². The monoisotopic (exact) mass is 206 g/mol. The van der Waals surface area contributed by atoms with E-state index in [1.165, 1.54) is 25.1 Å². The molecule has 0 spiro atoms. The topological polar surface area (TPSA) is 34.1 Å². The minimum atomic E-state index is -0.397. The number of carbonyl (C=O) groups is 2. The Morgan fingerprint density at radius 3 is 2.80 bits per heavy atom. The highest BCUT2D eigenvalue weighted by molar-refractivity contribution is 5.97. The fourth-order valence-corrected chi connectivity index (χ4v) is 1.24. The van der Waals surface area contributed by atoms with Gasteiger partial charge < -0.3 is 4.79 Å². The second kappa shape index (κ2) is 5.20. The molecule has 0 saturated heterocycles. The molecule has 0 aliphatic rings. The van der Waals surface area contributed by atoms with Crippen LogP contribution in [0.15, 0.2) is 24.3 Å². The second-order valence-electron chi connectivity index (χ2n) is 3.09. The molecule has 1 aromatic carbocycles. The summed E-state index contributed by atoms with van der Waals surface area (Å²) in [6.45, 7) is 1.42. The lowest BCUT2D eigenvalue weighted by Gasteiger charge is -2.01. The molecule has 0 bridgehead atoms. The van der Waals surface area contributed by atoms with Gasteiger partial charge in [0, 0.05) is 12.0 Å². The van der Waals surface area contributed by atoms with E-state index < -0.39 is 5.82 Å². The van der Waals surface area contributed by atoms with Crippen LogP contribution in [0.1, 0.15) is 29.3 Å². The first kappa shape index (κ1) is 11.3. The molecular weight excluding hydrogens is 195 g/mol. The van der Waals surface area contributed by atoms with Crippen LogP contribution in [0.3, 0.4) is 0 Å². The van der Waals surface area contributed by atoms with E-state index in [-0.39, 0.29) is 12.2 Å². The maximum Gasteiger partial charge on any atom is 0.160 e. The molecule has 0 heterocycles. The number of hydrogen-bond donors (Lipinski definition) is 0. The molecule has 0 aliphatic heterocycles. The van der Waals surface area contributed by atoms with Crippen molar-refractivity contribution in [3.63, 3.8) is 0 Å². The Bertz CT molecular complexity index is 408. The lowest BCUT2D eigenvalue weighted by atomic mass is 10.0. The fourth-order valence-electron chi connectivity index (χ4n) is 1.24. The first-order valence-corrected chi connectivity index (χ1v) is 4.56. The van der Waals surface area contributed by atoms with Crippen molar-refractivity contribution in [1.82, 2.24) is 0 Å². The van der Waals surface area contributed by atoms with E-state index in [2.05, 4.69) is 0 Å². The number of ketones is 1. The second-order valence-corrected chi connectivity index (χ2v) is 3.09. The van der Waals surface area contributed by atoms with Crippen LogP contribution in [-0.4, -0.2) is 12.1 Å². The quantitative estimate of drug-likeness (QED) is 0.560. The molecule has 0 fully saturated rings. The molecule has 0 amide bonds. The third kappa shape index (κ3) is 3.13. The van der Waals surface area contributed by atoms with Crippen molar-refractivity contribution in [2.24, 2.45) is 0 Å². The van der Waals surface area contributed by atoms with Crippen LogP contribution in [0, 0.1) is 5.82 Å². The van der Waals surface area contributed by atoms with E-state index in [1.54, 1.807) is 12.2 Å².